The molecule has 0 radical (unpaired) electrons. The molecule has 0 atom stereocenters. The molecule has 2 aromatic carbocycles. The highest BCUT2D eigenvalue weighted by atomic mass is 32.2. The number of carbonyl (C=O) groups excluding carboxylic acids is 2. The van der Waals surface area contributed by atoms with Crippen LogP contribution in [-0.2, 0) is 4.79 Å². The van der Waals surface area contributed by atoms with Crippen LogP contribution in [-0.4, -0.2) is 39.6 Å². The van der Waals surface area contributed by atoms with E-state index < -0.39 is 11.8 Å². The Bertz CT molecular complexity index is 984. The van der Waals surface area contributed by atoms with Gasteiger partial charge in [-0.1, -0.05) is 41.6 Å². The van der Waals surface area contributed by atoms with E-state index in [-0.39, 0.29) is 5.75 Å². The molecule has 0 fully saturated rings. The minimum absolute atomic E-state index is 0.0227. The number of hydrogen-bond donors (Lipinski definition) is 2. The minimum atomic E-state index is -0.484. The maximum absolute atomic E-state index is 12.1. The third kappa shape index (κ3) is 4.49. The van der Waals surface area contributed by atoms with Crippen molar-refractivity contribution in [3.8, 4) is 17.1 Å². The number of methoxy groups -OCH3 is 1. The average molecular weight is 397 g/mol. The van der Waals surface area contributed by atoms with Crippen LogP contribution in [0.15, 0.2) is 53.7 Å². The highest BCUT2D eigenvalue weighted by Gasteiger charge is 2.15. The molecule has 3 N–H and O–H groups in total. The molecule has 3 rings (SSSR count). The number of aromatic nitrogens is 3. The van der Waals surface area contributed by atoms with E-state index in [2.05, 4.69) is 15.5 Å². The Morgan fingerprint density at radius 1 is 1.11 bits per heavy atom. The van der Waals surface area contributed by atoms with Crippen LogP contribution in [0.5, 0.6) is 5.75 Å². The zero-order chi connectivity index (χ0) is 20.1. The number of rotatable bonds is 6. The predicted molar refractivity (Wildman–Crippen MR) is 107 cm³/mol. The molecular weight excluding hydrogens is 378 g/mol. The zero-order valence-corrected chi connectivity index (χ0v) is 16.2. The summed E-state index contributed by atoms with van der Waals surface area (Å²) in [6.07, 6.45) is 0. The molecule has 1 aromatic heterocycles. The second-order valence-electron chi connectivity index (χ2n) is 5.94. The first-order valence-electron chi connectivity index (χ1n) is 8.36. The molecule has 0 unspecified atom stereocenters. The Balaban J connectivity index is 1.58. The van der Waals surface area contributed by atoms with Crippen molar-refractivity contribution in [3.05, 3.63) is 59.7 Å². The van der Waals surface area contributed by atoms with Gasteiger partial charge < -0.3 is 10.6 Å². The van der Waals surface area contributed by atoms with Crippen LogP contribution in [0.2, 0.25) is 0 Å². The largest absolute Gasteiger partial charge is 0.497 e. The van der Waals surface area contributed by atoms with Crippen molar-refractivity contribution in [3.63, 3.8) is 0 Å². The Morgan fingerprint density at radius 2 is 1.79 bits per heavy atom. The first-order valence-corrected chi connectivity index (χ1v) is 9.35. The molecule has 0 aliphatic rings. The summed E-state index contributed by atoms with van der Waals surface area (Å²) in [7, 11) is 1.54. The monoisotopic (exact) mass is 397 g/mol. The summed E-state index contributed by atoms with van der Waals surface area (Å²) in [5.74, 6) is 6.21. The maximum Gasteiger partial charge on any atom is 0.257 e. The topological polar surface area (TPSA) is 112 Å². The Labute approximate surface area is 166 Å². The van der Waals surface area contributed by atoms with Crippen LogP contribution >= 0.6 is 11.8 Å². The third-order valence-corrected chi connectivity index (χ3v) is 4.85. The van der Waals surface area contributed by atoms with Crippen molar-refractivity contribution in [2.45, 2.75) is 12.1 Å². The molecule has 9 heteroatoms. The molecule has 0 aliphatic heterocycles. The fraction of sp³-hybridized carbons (Fsp3) is 0.158. The number of nitrogen functional groups attached to an aromatic ring is 1. The van der Waals surface area contributed by atoms with Crippen LogP contribution in [0, 0.1) is 6.92 Å². The van der Waals surface area contributed by atoms with E-state index in [1.165, 1.54) is 11.8 Å². The number of ether oxygens (including phenoxy) is 1. The standard InChI is InChI=1S/C19H19N5O3S/c1-12-3-5-13(6-4-12)17-22-23-19(24(17)20)28-11-16(25)21-18(26)14-7-9-15(27-2)10-8-14/h3-10H,11,20H2,1-2H3,(H,21,25,26). The van der Waals surface area contributed by atoms with Gasteiger partial charge in [0.25, 0.3) is 5.91 Å². The summed E-state index contributed by atoms with van der Waals surface area (Å²) in [6.45, 7) is 1.99. The Hall–Kier alpha value is -3.33. The van der Waals surface area contributed by atoms with Crippen molar-refractivity contribution >= 4 is 23.6 Å². The first-order chi connectivity index (χ1) is 13.5. The van der Waals surface area contributed by atoms with Crippen molar-refractivity contribution in [1.29, 1.82) is 0 Å². The van der Waals surface area contributed by atoms with E-state index in [1.807, 2.05) is 31.2 Å². The van der Waals surface area contributed by atoms with E-state index in [9.17, 15) is 9.59 Å². The number of amides is 2. The average Bonchev–Trinajstić information content (AvgIpc) is 3.07. The molecule has 28 heavy (non-hydrogen) atoms. The van der Waals surface area contributed by atoms with Gasteiger partial charge in [-0.15, -0.1) is 10.2 Å². The van der Waals surface area contributed by atoms with Gasteiger partial charge in [0, 0.05) is 11.1 Å². The molecular formula is C19H19N5O3S. The molecule has 8 nitrogen and oxygen atoms in total. The van der Waals surface area contributed by atoms with Crippen molar-refractivity contribution in [1.82, 2.24) is 20.2 Å². The lowest BCUT2D eigenvalue weighted by molar-refractivity contribution is -0.117. The van der Waals surface area contributed by atoms with E-state index in [1.54, 1.807) is 24.3 Å². The second kappa shape index (κ2) is 8.57. The van der Waals surface area contributed by atoms with Gasteiger partial charge in [0.2, 0.25) is 11.1 Å². The van der Waals surface area contributed by atoms with E-state index >= 15 is 0 Å². The van der Waals surface area contributed by atoms with Gasteiger partial charge in [-0.25, -0.2) is 4.68 Å². The molecule has 144 valence electrons. The Morgan fingerprint density at radius 3 is 2.43 bits per heavy atom. The molecule has 0 saturated carbocycles. The molecule has 0 spiro atoms. The van der Waals surface area contributed by atoms with Gasteiger partial charge in [-0.2, -0.15) is 0 Å². The molecule has 0 saturated heterocycles. The molecule has 0 aliphatic carbocycles. The highest BCUT2D eigenvalue weighted by Crippen LogP contribution is 2.21. The number of nitrogens with zero attached hydrogens (tertiary/aromatic N) is 3. The molecule has 1 heterocycles. The molecule has 0 bridgehead atoms. The quantitative estimate of drug-likeness (QED) is 0.483. The second-order valence-corrected chi connectivity index (χ2v) is 6.88. The Kier molecular flexibility index (Phi) is 5.95. The number of benzene rings is 2. The number of imide groups is 1. The van der Waals surface area contributed by atoms with Crippen molar-refractivity contribution in [2.75, 3.05) is 18.7 Å². The number of nitrogens with two attached hydrogens (primary N) is 1. The lowest BCUT2D eigenvalue weighted by Crippen LogP contribution is -2.32. The normalized spacial score (nSPS) is 10.5. The van der Waals surface area contributed by atoms with E-state index in [0.29, 0.717) is 22.3 Å². The van der Waals surface area contributed by atoms with Gasteiger partial charge in [0.15, 0.2) is 5.82 Å². The third-order valence-electron chi connectivity index (χ3n) is 3.91. The maximum atomic E-state index is 12.1. The van der Waals surface area contributed by atoms with Gasteiger partial charge in [-0.3, -0.25) is 14.9 Å². The van der Waals surface area contributed by atoms with Crippen LogP contribution in [0.25, 0.3) is 11.4 Å². The van der Waals surface area contributed by atoms with Gasteiger partial charge in [0.05, 0.1) is 12.9 Å². The summed E-state index contributed by atoms with van der Waals surface area (Å²) >= 11 is 1.10. The predicted octanol–water partition coefficient (Wildman–Crippen LogP) is 2.02. The fourth-order valence-corrected chi connectivity index (χ4v) is 3.04. The lowest BCUT2D eigenvalue weighted by Gasteiger charge is -2.06. The van der Waals surface area contributed by atoms with Crippen LogP contribution in [0.3, 0.4) is 0 Å². The summed E-state index contributed by atoms with van der Waals surface area (Å²) in [5.41, 5.74) is 2.31. The number of aryl methyl sites for hydroxylation is 1. The fourth-order valence-electron chi connectivity index (χ4n) is 2.38. The van der Waals surface area contributed by atoms with Crippen molar-refractivity contribution in [2.24, 2.45) is 0 Å². The first kappa shape index (κ1) is 19.4. The van der Waals surface area contributed by atoms with Gasteiger partial charge in [0.1, 0.15) is 5.75 Å². The van der Waals surface area contributed by atoms with Crippen LogP contribution in [0.4, 0.5) is 0 Å². The SMILES string of the molecule is COc1ccc(C(=O)NC(=O)CSc2nnc(-c3ccc(C)cc3)n2N)cc1. The van der Waals surface area contributed by atoms with E-state index in [4.69, 9.17) is 10.6 Å². The van der Waals surface area contributed by atoms with E-state index in [0.717, 1.165) is 22.9 Å². The minimum Gasteiger partial charge on any atom is -0.497 e. The number of carbonyl (C=O) groups is 2. The molecule has 3 aromatic rings. The smallest absolute Gasteiger partial charge is 0.257 e. The zero-order valence-electron chi connectivity index (χ0n) is 15.4. The van der Waals surface area contributed by atoms with Crippen LogP contribution < -0.4 is 15.9 Å². The summed E-state index contributed by atoms with van der Waals surface area (Å²) in [4.78, 5) is 24.2. The van der Waals surface area contributed by atoms with Crippen LogP contribution in [0.1, 0.15) is 15.9 Å². The number of hydrogen-bond acceptors (Lipinski definition) is 7. The van der Waals surface area contributed by atoms with Gasteiger partial charge in [-0.05, 0) is 31.2 Å². The highest BCUT2D eigenvalue weighted by molar-refractivity contribution is 7.99. The lowest BCUT2D eigenvalue weighted by atomic mass is 10.1. The number of nitrogens with one attached hydrogen (secondary N) is 1. The van der Waals surface area contributed by atoms with Gasteiger partial charge >= 0.3 is 0 Å². The summed E-state index contributed by atoms with van der Waals surface area (Å²) < 4.78 is 6.37. The molecule has 2 amide bonds. The number of thioether (sulfide) groups is 1. The van der Waals surface area contributed by atoms with Crippen molar-refractivity contribution < 1.29 is 14.3 Å². The summed E-state index contributed by atoms with van der Waals surface area (Å²) in [5, 5.41) is 10.8. The summed E-state index contributed by atoms with van der Waals surface area (Å²) in [6, 6.07) is 14.2.